The van der Waals surface area contributed by atoms with E-state index in [1.165, 1.54) is 0 Å². The minimum absolute atomic E-state index is 0.0274. The number of amides is 1. The second-order valence-electron chi connectivity index (χ2n) is 6.48. The zero-order valence-electron chi connectivity index (χ0n) is 14.4. The smallest absolute Gasteiger partial charge is 0.314 e. The number of piperidine rings is 1. The van der Waals surface area contributed by atoms with E-state index < -0.39 is 11.1 Å². The van der Waals surface area contributed by atoms with Crippen LogP contribution in [0.2, 0.25) is 0 Å². The van der Waals surface area contributed by atoms with Crippen LogP contribution in [0.4, 0.5) is 5.95 Å². The Hall–Kier alpha value is -3.49. The van der Waals surface area contributed by atoms with Crippen molar-refractivity contribution in [3.8, 4) is 0 Å². The lowest BCUT2D eigenvalue weighted by Crippen LogP contribution is -2.48. The number of nitrogens with one attached hydrogen (secondary N) is 3. The maximum atomic E-state index is 12.6. The van der Waals surface area contributed by atoms with Crippen LogP contribution in [0.25, 0.3) is 11.0 Å². The summed E-state index contributed by atoms with van der Waals surface area (Å²) in [6, 6.07) is 6.52. The van der Waals surface area contributed by atoms with Crippen molar-refractivity contribution in [2.24, 2.45) is 0 Å². The summed E-state index contributed by atoms with van der Waals surface area (Å²) >= 11 is 0. The molecule has 3 aromatic rings. The molecule has 27 heavy (non-hydrogen) atoms. The van der Waals surface area contributed by atoms with Crippen LogP contribution >= 0.6 is 0 Å². The van der Waals surface area contributed by atoms with Crippen LogP contribution in [-0.4, -0.2) is 45.0 Å². The molecule has 0 bridgehead atoms. The molecule has 0 spiro atoms. The van der Waals surface area contributed by atoms with Gasteiger partial charge in [0.15, 0.2) is 0 Å². The van der Waals surface area contributed by atoms with E-state index in [2.05, 4.69) is 30.2 Å². The monoisotopic (exact) mass is 366 g/mol. The van der Waals surface area contributed by atoms with E-state index in [0.29, 0.717) is 29.1 Å². The van der Waals surface area contributed by atoms with Crippen molar-refractivity contribution >= 4 is 22.9 Å². The number of nitrogens with zero attached hydrogens (tertiary/aromatic N) is 3. The molecule has 1 fully saturated rings. The number of carbonyl (C=O) groups excluding carboxylic acids is 1. The highest BCUT2D eigenvalue weighted by molar-refractivity contribution is 5.97. The zero-order valence-corrected chi connectivity index (χ0v) is 14.4. The lowest BCUT2D eigenvalue weighted by Gasteiger charge is -2.33. The van der Waals surface area contributed by atoms with Crippen LogP contribution in [0.3, 0.4) is 0 Å². The summed E-state index contributed by atoms with van der Waals surface area (Å²) in [7, 11) is 0. The van der Waals surface area contributed by atoms with Gasteiger partial charge in [-0.3, -0.25) is 14.4 Å². The summed E-state index contributed by atoms with van der Waals surface area (Å²) < 4.78 is 0. The Morgan fingerprint density at radius 3 is 2.63 bits per heavy atom. The molecule has 2 aromatic heterocycles. The lowest BCUT2D eigenvalue weighted by molar-refractivity contribution is 0.0933. The minimum atomic E-state index is -0.745. The molecule has 1 aromatic carbocycles. The van der Waals surface area contributed by atoms with Gasteiger partial charge in [0.05, 0.1) is 11.0 Å². The highest BCUT2D eigenvalue weighted by Gasteiger charge is 2.23. The first-order valence-corrected chi connectivity index (χ1v) is 8.69. The fraction of sp³-hybridized carbons (Fsp3) is 0.278. The molecular formula is C18H18N6O3. The van der Waals surface area contributed by atoms with Crippen molar-refractivity contribution in [2.75, 3.05) is 18.0 Å². The van der Waals surface area contributed by atoms with Gasteiger partial charge in [-0.25, -0.2) is 9.97 Å². The maximum absolute atomic E-state index is 12.6. The first-order valence-electron chi connectivity index (χ1n) is 8.69. The van der Waals surface area contributed by atoms with Crippen LogP contribution < -0.4 is 21.3 Å². The van der Waals surface area contributed by atoms with Gasteiger partial charge in [0.2, 0.25) is 5.95 Å². The zero-order chi connectivity index (χ0) is 18.8. The van der Waals surface area contributed by atoms with Gasteiger partial charge in [0.1, 0.15) is 0 Å². The van der Waals surface area contributed by atoms with E-state index in [1.807, 2.05) is 0 Å². The molecule has 4 rings (SSSR count). The summed E-state index contributed by atoms with van der Waals surface area (Å²) in [5, 5.41) is 3.03. The highest BCUT2D eigenvalue weighted by Crippen LogP contribution is 2.16. The molecule has 3 N–H and O–H groups in total. The third kappa shape index (κ3) is 3.57. The largest absolute Gasteiger partial charge is 0.348 e. The average molecular weight is 366 g/mol. The summed E-state index contributed by atoms with van der Waals surface area (Å²) in [4.78, 5) is 51.0. The Morgan fingerprint density at radius 1 is 1.11 bits per heavy atom. The summed E-state index contributed by atoms with van der Waals surface area (Å²) in [6.45, 7) is 1.48. The molecule has 0 saturated carbocycles. The lowest BCUT2D eigenvalue weighted by atomic mass is 10.1. The Balaban J connectivity index is 1.50. The first-order chi connectivity index (χ1) is 13.1. The third-order valence-corrected chi connectivity index (χ3v) is 4.58. The molecule has 0 unspecified atom stereocenters. The number of aromatic amines is 2. The first kappa shape index (κ1) is 17.0. The molecule has 1 atom stereocenters. The third-order valence-electron chi connectivity index (χ3n) is 4.58. The number of rotatable bonds is 3. The van der Waals surface area contributed by atoms with Crippen LogP contribution in [0.15, 0.2) is 46.2 Å². The van der Waals surface area contributed by atoms with Crippen molar-refractivity contribution in [1.82, 2.24) is 25.3 Å². The van der Waals surface area contributed by atoms with E-state index in [1.54, 1.807) is 36.7 Å². The quantitative estimate of drug-likeness (QED) is 0.577. The van der Waals surface area contributed by atoms with E-state index in [4.69, 9.17) is 0 Å². The van der Waals surface area contributed by atoms with Gasteiger partial charge in [-0.05, 0) is 37.1 Å². The van der Waals surface area contributed by atoms with Crippen LogP contribution in [0.5, 0.6) is 0 Å². The van der Waals surface area contributed by atoms with E-state index in [-0.39, 0.29) is 11.9 Å². The summed E-state index contributed by atoms with van der Waals surface area (Å²) in [5.74, 6) is 0.425. The maximum Gasteiger partial charge on any atom is 0.314 e. The molecule has 1 aliphatic heterocycles. The molecule has 1 saturated heterocycles. The number of hydrogen-bond donors (Lipinski definition) is 3. The second kappa shape index (κ2) is 7.02. The Bertz CT molecular complexity index is 1090. The number of H-pyrrole nitrogens is 2. The van der Waals surface area contributed by atoms with Gasteiger partial charge < -0.3 is 20.2 Å². The van der Waals surface area contributed by atoms with Crippen LogP contribution in [0.1, 0.15) is 23.2 Å². The van der Waals surface area contributed by atoms with Gasteiger partial charge >= 0.3 is 11.1 Å². The van der Waals surface area contributed by atoms with Gasteiger partial charge in [0.25, 0.3) is 5.91 Å². The molecule has 138 valence electrons. The fourth-order valence-corrected chi connectivity index (χ4v) is 3.26. The number of anilines is 1. The molecule has 9 heteroatoms. The number of fused-ring (bicyclic) bond motifs is 1. The minimum Gasteiger partial charge on any atom is -0.348 e. The van der Waals surface area contributed by atoms with E-state index in [9.17, 15) is 14.4 Å². The number of carbonyl (C=O) groups is 1. The SMILES string of the molecule is O=C(N[C@@H]1CCCN(c2ncccn2)C1)c1ccc2[nH]c(=O)c(=O)[nH]c2c1. The molecule has 3 heterocycles. The molecule has 1 amide bonds. The second-order valence-corrected chi connectivity index (χ2v) is 6.48. The summed E-state index contributed by atoms with van der Waals surface area (Å²) in [5.41, 5.74) is -0.161. The average Bonchev–Trinajstić information content (AvgIpc) is 2.69. The molecule has 9 nitrogen and oxygen atoms in total. The Labute approximate surface area is 153 Å². The Morgan fingerprint density at radius 2 is 1.85 bits per heavy atom. The van der Waals surface area contributed by atoms with E-state index in [0.717, 1.165) is 19.4 Å². The van der Waals surface area contributed by atoms with E-state index >= 15 is 0 Å². The Kier molecular flexibility index (Phi) is 4.41. The predicted octanol–water partition coefficient (Wildman–Crippen LogP) is 0.405. The van der Waals surface area contributed by atoms with Crippen molar-refractivity contribution in [3.05, 3.63) is 62.9 Å². The van der Waals surface area contributed by atoms with Crippen molar-refractivity contribution < 1.29 is 4.79 Å². The van der Waals surface area contributed by atoms with Gasteiger partial charge in [0, 0.05) is 37.1 Å². The van der Waals surface area contributed by atoms with Gasteiger partial charge in [-0.15, -0.1) is 0 Å². The van der Waals surface area contributed by atoms with Crippen molar-refractivity contribution in [1.29, 1.82) is 0 Å². The normalized spacial score (nSPS) is 17.0. The molecule has 1 aliphatic rings. The number of aromatic nitrogens is 4. The van der Waals surface area contributed by atoms with Crippen molar-refractivity contribution in [2.45, 2.75) is 18.9 Å². The van der Waals surface area contributed by atoms with Crippen LogP contribution in [-0.2, 0) is 0 Å². The number of benzene rings is 1. The highest BCUT2D eigenvalue weighted by atomic mass is 16.2. The predicted molar refractivity (Wildman–Crippen MR) is 99.9 cm³/mol. The van der Waals surface area contributed by atoms with Crippen LogP contribution in [0, 0.1) is 0 Å². The van der Waals surface area contributed by atoms with Gasteiger partial charge in [-0.1, -0.05) is 0 Å². The summed E-state index contributed by atoms with van der Waals surface area (Å²) in [6.07, 6.45) is 5.19. The fourth-order valence-electron chi connectivity index (χ4n) is 3.26. The molecular weight excluding hydrogens is 348 g/mol. The standard InChI is InChI=1S/C18H18N6O3/c25-15(11-4-5-13-14(9-11)23-17(27)16(26)22-13)21-12-3-1-8-24(10-12)18-19-6-2-7-20-18/h2,4-7,9,12H,1,3,8,10H2,(H,21,25)(H,22,26)(H,23,27)/t12-/m1/s1. The van der Waals surface area contributed by atoms with Gasteiger partial charge in [-0.2, -0.15) is 0 Å². The molecule has 0 radical (unpaired) electrons. The van der Waals surface area contributed by atoms with Crippen molar-refractivity contribution in [3.63, 3.8) is 0 Å². The number of hydrogen-bond acceptors (Lipinski definition) is 6. The molecule has 0 aliphatic carbocycles. The topological polar surface area (TPSA) is 124 Å².